The zero-order valence-electron chi connectivity index (χ0n) is 16.4. The molecule has 4 rings (SSSR count). The smallest absolute Gasteiger partial charge is 0.236 e. The molecule has 0 spiro atoms. The maximum absolute atomic E-state index is 12.3. The molecule has 6 nitrogen and oxygen atoms in total. The van der Waals surface area contributed by atoms with E-state index in [-0.39, 0.29) is 11.7 Å². The van der Waals surface area contributed by atoms with E-state index < -0.39 is 0 Å². The van der Waals surface area contributed by atoms with Gasteiger partial charge in [0, 0.05) is 21.8 Å². The number of carbonyl (C=O) groups is 1. The summed E-state index contributed by atoms with van der Waals surface area (Å²) in [6, 6.07) is 18.0. The van der Waals surface area contributed by atoms with Crippen molar-refractivity contribution in [3.8, 4) is 16.9 Å². The van der Waals surface area contributed by atoms with Gasteiger partial charge >= 0.3 is 0 Å². The molecule has 30 heavy (non-hydrogen) atoms. The van der Waals surface area contributed by atoms with Crippen LogP contribution in [0.15, 0.2) is 74.9 Å². The van der Waals surface area contributed by atoms with Gasteiger partial charge in [-0.3, -0.25) is 9.36 Å². The van der Waals surface area contributed by atoms with Crippen LogP contribution in [0.25, 0.3) is 16.9 Å². The maximum Gasteiger partial charge on any atom is 0.236 e. The molecule has 0 unspecified atom stereocenters. The molecule has 0 fully saturated rings. The zero-order valence-corrected chi connectivity index (χ0v) is 18.8. The van der Waals surface area contributed by atoms with Crippen LogP contribution in [0.1, 0.15) is 11.3 Å². The van der Waals surface area contributed by atoms with Crippen molar-refractivity contribution in [2.45, 2.75) is 19.0 Å². The van der Waals surface area contributed by atoms with Gasteiger partial charge in [0.25, 0.3) is 0 Å². The molecule has 4 aromatic rings. The Morgan fingerprint density at radius 2 is 1.87 bits per heavy atom. The number of halogens is 1. The molecule has 0 saturated carbocycles. The van der Waals surface area contributed by atoms with Crippen molar-refractivity contribution in [3.05, 3.63) is 76.6 Å². The molecule has 0 radical (unpaired) electrons. The molecular formula is C22H19BrN4O2S. The van der Waals surface area contributed by atoms with Crippen molar-refractivity contribution in [1.29, 1.82) is 0 Å². The molecule has 152 valence electrons. The lowest BCUT2D eigenvalue weighted by atomic mass is 10.1. The maximum atomic E-state index is 12.3. The Morgan fingerprint density at radius 3 is 2.53 bits per heavy atom. The third kappa shape index (κ3) is 4.66. The Kier molecular flexibility index (Phi) is 6.06. The van der Waals surface area contributed by atoms with Crippen LogP contribution in [0.3, 0.4) is 0 Å². The fourth-order valence-corrected chi connectivity index (χ4v) is 4.00. The summed E-state index contributed by atoms with van der Waals surface area (Å²) in [5.41, 5.74) is 4.17. The van der Waals surface area contributed by atoms with E-state index >= 15 is 0 Å². The van der Waals surface area contributed by atoms with E-state index in [0.717, 1.165) is 26.6 Å². The SMILES string of the molecule is Cc1ccc(-n2c(-c3ccc(Br)cc3)cnc2SCC(=O)Nc2cc(C)on2)cc1. The summed E-state index contributed by atoms with van der Waals surface area (Å²) in [6.45, 7) is 3.83. The number of carbonyl (C=O) groups excluding carboxylic acids is 1. The van der Waals surface area contributed by atoms with E-state index in [1.807, 2.05) is 30.5 Å². The number of nitrogens with zero attached hydrogens (tertiary/aromatic N) is 3. The first-order valence-corrected chi connectivity index (χ1v) is 11.0. The van der Waals surface area contributed by atoms with Crippen LogP contribution in [0.2, 0.25) is 0 Å². The first-order valence-electron chi connectivity index (χ1n) is 9.26. The first-order chi connectivity index (χ1) is 14.5. The molecule has 0 aliphatic rings. The van der Waals surface area contributed by atoms with Gasteiger partial charge in [0.05, 0.1) is 17.6 Å². The van der Waals surface area contributed by atoms with Crippen molar-refractivity contribution in [1.82, 2.24) is 14.7 Å². The molecule has 0 atom stereocenters. The number of thioether (sulfide) groups is 1. The topological polar surface area (TPSA) is 73.0 Å². The molecular weight excluding hydrogens is 464 g/mol. The Labute approximate surface area is 186 Å². The zero-order chi connectivity index (χ0) is 21.1. The second-order valence-corrected chi connectivity index (χ2v) is 8.62. The molecule has 1 N–H and O–H groups in total. The summed E-state index contributed by atoms with van der Waals surface area (Å²) in [6.07, 6.45) is 1.84. The van der Waals surface area contributed by atoms with E-state index in [9.17, 15) is 4.79 Å². The van der Waals surface area contributed by atoms with Crippen LogP contribution < -0.4 is 5.32 Å². The Balaban J connectivity index is 1.61. The summed E-state index contributed by atoms with van der Waals surface area (Å²) in [5, 5.41) is 7.27. The van der Waals surface area contributed by atoms with Crippen molar-refractivity contribution >= 4 is 39.4 Å². The Hall–Kier alpha value is -2.84. The third-order valence-corrected chi connectivity index (χ3v) is 5.87. The molecule has 8 heteroatoms. The number of benzene rings is 2. The lowest BCUT2D eigenvalue weighted by Crippen LogP contribution is -2.14. The number of aryl methyl sites for hydroxylation is 2. The van der Waals surface area contributed by atoms with E-state index in [0.29, 0.717) is 11.6 Å². The second kappa shape index (κ2) is 8.89. The van der Waals surface area contributed by atoms with Crippen molar-refractivity contribution in [2.75, 3.05) is 11.1 Å². The van der Waals surface area contributed by atoms with Crippen molar-refractivity contribution in [2.24, 2.45) is 0 Å². The van der Waals surface area contributed by atoms with E-state index in [2.05, 4.69) is 67.1 Å². The number of hydrogen-bond donors (Lipinski definition) is 1. The average Bonchev–Trinajstić information content (AvgIpc) is 3.34. The highest BCUT2D eigenvalue weighted by Crippen LogP contribution is 2.30. The molecule has 0 saturated heterocycles. The van der Waals surface area contributed by atoms with Gasteiger partial charge in [0.1, 0.15) is 5.76 Å². The van der Waals surface area contributed by atoms with Crippen LogP contribution in [0, 0.1) is 13.8 Å². The highest BCUT2D eigenvalue weighted by molar-refractivity contribution is 9.10. The number of hydrogen-bond acceptors (Lipinski definition) is 5. The van der Waals surface area contributed by atoms with Crippen molar-refractivity contribution in [3.63, 3.8) is 0 Å². The molecule has 2 aromatic carbocycles. The van der Waals surface area contributed by atoms with E-state index in [4.69, 9.17) is 4.52 Å². The van der Waals surface area contributed by atoms with Crippen LogP contribution in [-0.2, 0) is 4.79 Å². The minimum atomic E-state index is -0.169. The van der Waals surface area contributed by atoms with Gasteiger partial charge < -0.3 is 9.84 Å². The van der Waals surface area contributed by atoms with Gasteiger partial charge in [0.2, 0.25) is 5.91 Å². The molecule has 0 aliphatic heterocycles. The predicted octanol–water partition coefficient (Wildman–Crippen LogP) is 5.64. The fourth-order valence-electron chi connectivity index (χ4n) is 2.94. The number of imidazole rings is 1. The van der Waals surface area contributed by atoms with Gasteiger partial charge in [-0.25, -0.2) is 4.98 Å². The number of rotatable bonds is 6. The highest BCUT2D eigenvalue weighted by Gasteiger charge is 2.16. The largest absolute Gasteiger partial charge is 0.360 e. The molecule has 2 aromatic heterocycles. The van der Waals surface area contributed by atoms with E-state index in [1.54, 1.807) is 13.0 Å². The Morgan fingerprint density at radius 1 is 1.13 bits per heavy atom. The number of amides is 1. The lowest BCUT2D eigenvalue weighted by Gasteiger charge is -2.12. The van der Waals surface area contributed by atoms with Crippen LogP contribution in [0.4, 0.5) is 5.82 Å². The third-order valence-electron chi connectivity index (χ3n) is 4.39. The molecule has 0 aliphatic carbocycles. The monoisotopic (exact) mass is 482 g/mol. The fraction of sp³-hybridized carbons (Fsp3) is 0.136. The van der Waals surface area contributed by atoms with Gasteiger partial charge in [0.15, 0.2) is 11.0 Å². The predicted molar refractivity (Wildman–Crippen MR) is 122 cm³/mol. The van der Waals surface area contributed by atoms with Gasteiger partial charge in [-0.05, 0) is 38.1 Å². The molecule has 1 amide bonds. The average molecular weight is 483 g/mol. The van der Waals surface area contributed by atoms with E-state index in [1.165, 1.54) is 17.3 Å². The quantitative estimate of drug-likeness (QED) is 0.360. The number of aromatic nitrogens is 3. The minimum absolute atomic E-state index is 0.169. The number of nitrogens with one attached hydrogen (secondary N) is 1. The molecule has 0 bridgehead atoms. The summed E-state index contributed by atoms with van der Waals surface area (Å²) in [4.78, 5) is 16.9. The number of anilines is 1. The first kappa shape index (κ1) is 20.4. The lowest BCUT2D eigenvalue weighted by molar-refractivity contribution is -0.113. The normalized spacial score (nSPS) is 10.9. The van der Waals surface area contributed by atoms with Crippen molar-refractivity contribution < 1.29 is 9.32 Å². The Bertz CT molecular complexity index is 1170. The molecule has 2 heterocycles. The van der Waals surface area contributed by atoms with Crippen LogP contribution in [-0.4, -0.2) is 26.4 Å². The van der Waals surface area contributed by atoms with Gasteiger partial charge in [-0.2, -0.15) is 0 Å². The highest BCUT2D eigenvalue weighted by atomic mass is 79.9. The van der Waals surface area contributed by atoms with Crippen LogP contribution in [0.5, 0.6) is 0 Å². The van der Waals surface area contributed by atoms with Gasteiger partial charge in [-0.1, -0.05) is 62.7 Å². The standard InChI is InChI=1S/C22H19BrN4O2S/c1-14-3-9-18(10-4-14)27-19(16-5-7-17(23)8-6-16)12-24-22(27)30-13-21(28)25-20-11-15(2)29-26-20/h3-12H,13H2,1-2H3,(H,25,26,28). The summed E-state index contributed by atoms with van der Waals surface area (Å²) in [7, 11) is 0. The summed E-state index contributed by atoms with van der Waals surface area (Å²) >= 11 is 4.85. The van der Waals surface area contributed by atoms with Crippen LogP contribution >= 0.6 is 27.7 Å². The minimum Gasteiger partial charge on any atom is -0.360 e. The second-order valence-electron chi connectivity index (χ2n) is 6.76. The summed E-state index contributed by atoms with van der Waals surface area (Å²) in [5.74, 6) is 1.09. The van der Waals surface area contributed by atoms with Gasteiger partial charge in [-0.15, -0.1) is 0 Å². The summed E-state index contributed by atoms with van der Waals surface area (Å²) < 4.78 is 8.07.